The molecule has 2 rings (SSSR count). The van der Waals surface area contributed by atoms with Crippen LogP contribution in [0.3, 0.4) is 0 Å². The van der Waals surface area contributed by atoms with Crippen LogP contribution in [0.15, 0.2) is 39.9 Å². The smallest absolute Gasteiger partial charge is 0.351 e. The molecule has 1 atom stereocenters. The van der Waals surface area contributed by atoms with Crippen LogP contribution in [0.1, 0.15) is 26.2 Å². The molecule has 20 heavy (non-hydrogen) atoms. The highest BCUT2D eigenvalue weighted by Gasteiger charge is 2.10. The van der Waals surface area contributed by atoms with Crippen molar-refractivity contribution in [3.8, 4) is 5.69 Å². The number of nitrogens with zero attached hydrogens (tertiary/aromatic N) is 2. The van der Waals surface area contributed by atoms with E-state index in [1.165, 1.54) is 4.68 Å². The van der Waals surface area contributed by atoms with Crippen LogP contribution >= 0.6 is 0 Å². The lowest BCUT2D eigenvalue weighted by Crippen LogP contribution is -2.27. The van der Waals surface area contributed by atoms with Crippen LogP contribution < -0.4 is 11.4 Å². The minimum absolute atomic E-state index is 0.334. The maximum absolute atomic E-state index is 12.2. The molecule has 2 aromatic rings. The summed E-state index contributed by atoms with van der Waals surface area (Å²) in [4.78, 5) is 24.0. The molecule has 0 amide bonds. The van der Waals surface area contributed by atoms with Crippen molar-refractivity contribution in [2.75, 3.05) is 0 Å². The lowest BCUT2D eigenvalue weighted by Gasteiger charge is -2.03. The summed E-state index contributed by atoms with van der Waals surface area (Å²) >= 11 is 0. The van der Waals surface area contributed by atoms with Crippen LogP contribution in [0.25, 0.3) is 5.69 Å². The molecule has 0 unspecified atom stereocenters. The second kappa shape index (κ2) is 6.38. The molecule has 1 heterocycles. The Morgan fingerprint density at radius 2 is 1.90 bits per heavy atom. The van der Waals surface area contributed by atoms with Crippen LogP contribution in [-0.4, -0.2) is 25.6 Å². The van der Waals surface area contributed by atoms with E-state index < -0.39 is 5.69 Å². The fourth-order valence-electron chi connectivity index (χ4n) is 2.09. The van der Waals surface area contributed by atoms with Gasteiger partial charge < -0.3 is 5.11 Å². The maximum Gasteiger partial charge on any atom is 0.351 e. The standard InChI is InChI=1S/C14H19N3O3/c1-11(18)7-5-6-10-16-14(20)17(13(19)15-16)12-8-3-2-4-9-12/h2-4,8-9,11,18H,5-7,10H2,1H3,(H,15,19)/t11-/m1/s1. The number of para-hydroxylation sites is 1. The van der Waals surface area contributed by atoms with E-state index in [9.17, 15) is 14.7 Å². The average Bonchev–Trinajstić information content (AvgIpc) is 2.70. The minimum Gasteiger partial charge on any atom is -0.393 e. The zero-order chi connectivity index (χ0) is 14.5. The maximum atomic E-state index is 12.2. The topological polar surface area (TPSA) is 80.0 Å². The average molecular weight is 277 g/mol. The van der Waals surface area contributed by atoms with E-state index in [2.05, 4.69) is 5.10 Å². The number of benzene rings is 1. The van der Waals surface area contributed by atoms with Crippen LogP contribution in [0, 0.1) is 0 Å². The van der Waals surface area contributed by atoms with Gasteiger partial charge in [0.05, 0.1) is 11.8 Å². The Morgan fingerprint density at radius 1 is 1.20 bits per heavy atom. The molecule has 1 aromatic carbocycles. The molecule has 0 bridgehead atoms. The molecular weight excluding hydrogens is 258 g/mol. The molecule has 0 fully saturated rings. The summed E-state index contributed by atoms with van der Waals surface area (Å²) in [6.45, 7) is 2.18. The van der Waals surface area contributed by atoms with Crippen molar-refractivity contribution in [1.29, 1.82) is 0 Å². The predicted octanol–water partition coefficient (Wildman–Crippen LogP) is 0.878. The van der Waals surface area contributed by atoms with Crippen molar-refractivity contribution in [3.63, 3.8) is 0 Å². The first kappa shape index (κ1) is 14.3. The number of hydrogen-bond acceptors (Lipinski definition) is 3. The number of aliphatic hydroxyl groups excluding tert-OH is 1. The van der Waals surface area contributed by atoms with Gasteiger partial charge in [-0.15, -0.1) is 0 Å². The molecule has 0 spiro atoms. The third-order valence-electron chi connectivity index (χ3n) is 3.12. The third kappa shape index (κ3) is 3.27. The van der Waals surface area contributed by atoms with E-state index in [0.29, 0.717) is 18.7 Å². The molecular formula is C14H19N3O3. The van der Waals surface area contributed by atoms with Gasteiger partial charge in [-0.1, -0.05) is 18.2 Å². The van der Waals surface area contributed by atoms with E-state index in [-0.39, 0.29) is 11.8 Å². The molecule has 0 aliphatic rings. The molecule has 6 heteroatoms. The Morgan fingerprint density at radius 3 is 2.55 bits per heavy atom. The van der Waals surface area contributed by atoms with Gasteiger partial charge >= 0.3 is 11.4 Å². The van der Waals surface area contributed by atoms with Crippen LogP contribution in [0.4, 0.5) is 0 Å². The van der Waals surface area contributed by atoms with Gasteiger partial charge in [0.2, 0.25) is 0 Å². The summed E-state index contributed by atoms with van der Waals surface area (Å²) in [6.07, 6.45) is 1.90. The van der Waals surface area contributed by atoms with Crippen molar-refractivity contribution >= 4 is 0 Å². The van der Waals surface area contributed by atoms with Crippen molar-refractivity contribution in [3.05, 3.63) is 51.3 Å². The Balaban J connectivity index is 2.14. The van der Waals surface area contributed by atoms with Gasteiger partial charge in [-0.25, -0.2) is 23.9 Å². The molecule has 0 radical (unpaired) electrons. The van der Waals surface area contributed by atoms with Crippen LogP contribution in [0.2, 0.25) is 0 Å². The zero-order valence-electron chi connectivity index (χ0n) is 11.5. The van der Waals surface area contributed by atoms with E-state index in [0.717, 1.165) is 17.4 Å². The van der Waals surface area contributed by atoms with Crippen LogP contribution in [-0.2, 0) is 6.54 Å². The zero-order valence-corrected chi connectivity index (χ0v) is 11.5. The molecule has 6 nitrogen and oxygen atoms in total. The number of hydrogen-bond donors (Lipinski definition) is 2. The second-order valence-corrected chi connectivity index (χ2v) is 4.87. The molecule has 0 aliphatic carbocycles. The number of unbranched alkanes of at least 4 members (excludes halogenated alkanes) is 1. The molecule has 1 aromatic heterocycles. The van der Waals surface area contributed by atoms with Crippen molar-refractivity contribution in [2.45, 2.75) is 38.8 Å². The Bertz CT molecular complexity index is 652. The number of H-pyrrole nitrogens is 1. The second-order valence-electron chi connectivity index (χ2n) is 4.87. The van der Waals surface area contributed by atoms with Crippen molar-refractivity contribution < 1.29 is 5.11 Å². The summed E-state index contributed by atoms with van der Waals surface area (Å²) in [5, 5.41) is 11.7. The van der Waals surface area contributed by atoms with Gasteiger partial charge in [-0.2, -0.15) is 0 Å². The quantitative estimate of drug-likeness (QED) is 0.769. The van der Waals surface area contributed by atoms with E-state index >= 15 is 0 Å². The Hall–Kier alpha value is -2.08. The highest BCUT2D eigenvalue weighted by molar-refractivity contribution is 5.30. The fourth-order valence-corrected chi connectivity index (χ4v) is 2.09. The molecule has 0 aliphatic heterocycles. The molecule has 2 N–H and O–H groups in total. The summed E-state index contributed by atoms with van der Waals surface area (Å²) in [6, 6.07) is 8.82. The lowest BCUT2D eigenvalue weighted by atomic mass is 10.2. The third-order valence-corrected chi connectivity index (χ3v) is 3.12. The summed E-state index contributed by atoms with van der Waals surface area (Å²) in [5.74, 6) is 0. The van der Waals surface area contributed by atoms with E-state index in [4.69, 9.17) is 0 Å². The summed E-state index contributed by atoms with van der Waals surface area (Å²) < 4.78 is 2.44. The number of aryl methyl sites for hydroxylation is 1. The fraction of sp³-hybridized carbons (Fsp3) is 0.429. The first-order valence-electron chi connectivity index (χ1n) is 6.75. The SMILES string of the molecule is C[C@@H](O)CCCCn1[nH]c(=O)n(-c2ccccc2)c1=O. The Labute approximate surface area is 116 Å². The highest BCUT2D eigenvalue weighted by atomic mass is 16.3. The molecule has 0 saturated heterocycles. The highest BCUT2D eigenvalue weighted by Crippen LogP contribution is 2.02. The minimum atomic E-state index is -0.434. The first-order chi connectivity index (χ1) is 9.59. The van der Waals surface area contributed by atoms with E-state index in [1.807, 2.05) is 6.07 Å². The number of nitrogens with one attached hydrogen (secondary N) is 1. The lowest BCUT2D eigenvalue weighted by molar-refractivity contribution is 0.179. The van der Waals surface area contributed by atoms with Gasteiger partial charge in [0.15, 0.2) is 0 Å². The van der Waals surface area contributed by atoms with Crippen molar-refractivity contribution in [1.82, 2.24) is 14.3 Å². The largest absolute Gasteiger partial charge is 0.393 e. The monoisotopic (exact) mass is 277 g/mol. The van der Waals surface area contributed by atoms with Gasteiger partial charge in [0.25, 0.3) is 0 Å². The number of aromatic amines is 1. The van der Waals surface area contributed by atoms with Gasteiger partial charge in [0.1, 0.15) is 0 Å². The van der Waals surface area contributed by atoms with Crippen molar-refractivity contribution in [2.24, 2.45) is 0 Å². The summed E-state index contributed by atoms with van der Waals surface area (Å²) in [5.41, 5.74) is -0.239. The number of aliphatic hydroxyl groups is 1. The predicted molar refractivity (Wildman–Crippen MR) is 76.2 cm³/mol. The van der Waals surface area contributed by atoms with Crippen LogP contribution in [0.5, 0.6) is 0 Å². The van der Waals surface area contributed by atoms with Gasteiger partial charge in [-0.05, 0) is 38.3 Å². The molecule has 0 saturated carbocycles. The normalized spacial score (nSPS) is 12.5. The summed E-state index contributed by atoms with van der Waals surface area (Å²) in [7, 11) is 0. The van der Waals surface area contributed by atoms with Gasteiger partial charge in [-0.3, -0.25) is 0 Å². The Kier molecular flexibility index (Phi) is 4.57. The number of aromatic nitrogens is 3. The van der Waals surface area contributed by atoms with Gasteiger partial charge in [0, 0.05) is 6.54 Å². The van der Waals surface area contributed by atoms with E-state index in [1.54, 1.807) is 31.2 Å². The number of rotatable bonds is 6. The molecule has 108 valence electrons. The first-order valence-corrected chi connectivity index (χ1v) is 6.75.